The van der Waals surface area contributed by atoms with E-state index in [-0.39, 0.29) is 0 Å². The number of hydrogen-bond donors (Lipinski definition) is 0. The summed E-state index contributed by atoms with van der Waals surface area (Å²) in [4.78, 5) is 0. The van der Waals surface area contributed by atoms with E-state index >= 15 is 0 Å². The topological polar surface area (TPSA) is 6.48 Å². The molecule has 0 unspecified atom stereocenters. The van der Waals surface area contributed by atoms with Crippen LogP contribution in [0.2, 0.25) is 0 Å². The highest BCUT2D eigenvalue weighted by Gasteiger charge is 2.01. The lowest BCUT2D eigenvalue weighted by Crippen LogP contribution is -2.27. The van der Waals surface area contributed by atoms with Crippen molar-refractivity contribution in [1.82, 2.24) is 5.01 Å². The van der Waals surface area contributed by atoms with Crippen LogP contribution in [0.15, 0.2) is 30.3 Å². The minimum Gasteiger partial charge on any atom is -0.240 e. The maximum Gasteiger partial charge on any atom is 0.0673 e. The van der Waals surface area contributed by atoms with E-state index in [1.807, 2.05) is 53.5 Å². The first-order chi connectivity index (χ1) is 5.22. The Morgan fingerprint density at radius 3 is 2.09 bits per heavy atom. The fourth-order valence-corrected chi connectivity index (χ4v) is 1.02. The molecule has 60 valence electrons. The molecule has 1 aromatic rings. The largest absolute Gasteiger partial charge is 0.240 e. The predicted octanol–water partition coefficient (Wildman–Crippen LogP) is 2.28. The molecule has 0 aliphatic heterocycles. The molecule has 0 spiro atoms. The minimum absolute atomic E-state index is 1.12. The standard InChI is InChI=1S/C8H11BrN2/c1-10(2)11(9)8-6-4-3-5-7-8/h3-7H,1-2H3. The number of halogens is 1. The molecule has 1 aromatic carbocycles. The Morgan fingerprint density at radius 1 is 1.09 bits per heavy atom. The van der Waals surface area contributed by atoms with E-state index in [4.69, 9.17) is 0 Å². The molecule has 0 aromatic heterocycles. The van der Waals surface area contributed by atoms with E-state index < -0.39 is 0 Å². The van der Waals surface area contributed by atoms with Crippen LogP contribution in [0.25, 0.3) is 0 Å². The molecule has 0 atom stereocenters. The summed E-state index contributed by atoms with van der Waals surface area (Å²) < 4.78 is 1.90. The molecule has 0 saturated carbocycles. The molecule has 11 heavy (non-hydrogen) atoms. The third-order valence-electron chi connectivity index (χ3n) is 1.32. The van der Waals surface area contributed by atoms with Gasteiger partial charge in [-0.3, -0.25) is 0 Å². The smallest absolute Gasteiger partial charge is 0.0673 e. The van der Waals surface area contributed by atoms with Crippen LogP contribution in [-0.2, 0) is 0 Å². The number of hydrazine groups is 1. The Hall–Kier alpha value is -0.540. The molecular formula is C8H11BrN2. The van der Waals surface area contributed by atoms with E-state index in [0.717, 1.165) is 5.69 Å². The Balaban J connectivity index is 2.77. The molecular weight excluding hydrogens is 204 g/mol. The number of para-hydroxylation sites is 1. The van der Waals surface area contributed by atoms with E-state index in [0.29, 0.717) is 0 Å². The summed E-state index contributed by atoms with van der Waals surface area (Å²) in [6.07, 6.45) is 0. The predicted molar refractivity (Wildman–Crippen MR) is 51.5 cm³/mol. The average molecular weight is 215 g/mol. The Labute approximate surface area is 75.7 Å². The fraction of sp³-hybridized carbons (Fsp3) is 0.250. The van der Waals surface area contributed by atoms with Gasteiger partial charge in [-0.05, 0) is 12.1 Å². The number of benzene rings is 1. The molecule has 0 aliphatic carbocycles. The first-order valence-corrected chi connectivity index (χ1v) is 4.11. The molecule has 0 N–H and O–H groups in total. The van der Waals surface area contributed by atoms with E-state index in [1.165, 1.54) is 0 Å². The van der Waals surface area contributed by atoms with Crippen molar-refractivity contribution in [1.29, 1.82) is 0 Å². The summed E-state index contributed by atoms with van der Waals surface area (Å²) in [5, 5.41) is 1.95. The fourth-order valence-electron chi connectivity index (χ4n) is 0.782. The molecule has 0 aliphatic rings. The molecule has 0 saturated heterocycles. The summed E-state index contributed by atoms with van der Waals surface area (Å²) in [5.41, 5.74) is 1.12. The highest BCUT2D eigenvalue weighted by Crippen LogP contribution is 2.17. The summed E-state index contributed by atoms with van der Waals surface area (Å²) in [6, 6.07) is 10.1. The zero-order valence-electron chi connectivity index (χ0n) is 6.66. The van der Waals surface area contributed by atoms with Gasteiger partial charge in [0.25, 0.3) is 0 Å². The zero-order valence-corrected chi connectivity index (χ0v) is 8.25. The first-order valence-electron chi connectivity index (χ1n) is 3.40. The van der Waals surface area contributed by atoms with Crippen molar-refractivity contribution in [2.24, 2.45) is 0 Å². The van der Waals surface area contributed by atoms with Gasteiger partial charge in [-0.1, -0.05) is 18.2 Å². The zero-order chi connectivity index (χ0) is 8.27. The van der Waals surface area contributed by atoms with Gasteiger partial charge < -0.3 is 0 Å². The molecule has 0 bridgehead atoms. The maximum absolute atomic E-state index is 3.41. The van der Waals surface area contributed by atoms with Gasteiger partial charge in [-0.15, -0.1) is 0 Å². The van der Waals surface area contributed by atoms with Gasteiger partial charge >= 0.3 is 0 Å². The molecule has 1 rings (SSSR count). The van der Waals surface area contributed by atoms with Gasteiger partial charge in [0.2, 0.25) is 0 Å². The number of anilines is 1. The van der Waals surface area contributed by atoms with Crippen LogP contribution in [0, 0.1) is 0 Å². The summed E-state index contributed by atoms with van der Waals surface area (Å²) in [6.45, 7) is 0. The number of hydrogen-bond acceptors (Lipinski definition) is 2. The van der Waals surface area contributed by atoms with Crippen molar-refractivity contribution in [3.63, 3.8) is 0 Å². The van der Waals surface area contributed by atoms with Crippen LogP contribution < -0.4 is 4.03 Å². The number of rotatable bonds is 2. The van der Waals surface area contributed by atoms with Gasteiger partial charge in [-0.2, -0.15) is 0 Å². The maximum atomic E-state index is 3.41. The Morgan fingerprint density at radius 2 is 1.64 bits per heavy atom. The van der Waals surface area contributed by atoms with Crippen molar-refractivity contribution in [3.05, 3.63) is 30.3 Å². The molecule has 0 fully saturated rings. The van der Waals surface area contributed by atoms with Crippen LogP contribution in [0.3, 0.4) is 0 Å². The quantitative estimate of drug-likeness (QED) is 0.551. The third kappa shape index (κ3) is 2.20. The summed E-state index contributed by atoms with van der Waals surface area (Å²) in [5.74, 6) is 0. The van der Waals surface area contributed by atoms with Crippen molar-refractivity contribution in [2.45, 2.75) is 0 Å². The molecule has 0 radical (unpaired) electrons. The summed E-state index contributed by atoms with van der Waals surface area (Å²) in [7, 11) is 3.95. The van der Waals surface area contributed by atoms with Gasteiger partial charge in [0.05, 0.1) is 21.8 Å². The van der Waals surface area contributed by atoms with Crippen LogP contribution >= 0.6 is 16.1 Å². The van der Waals surface area contributed by atoms with Crippen molar-refractivity contribution >= 4 is 21.8 Å². The van der Waals surface area contributed by atoms with Gasteiger partial charge in [0.1, 0.15) is 0 Å². The Kier molecular flexibility index (Phi) is 2.91. The van der Waals surface area contributed by atoms with Crippen molar-refractivity contribution in [3.8, 4) is 0 Å². The van der Waals surface area contributed by atoms with E-state index in [1.54, 1.807) is 0 Å². The second kappa shape index (κ2) is 3.74. The normalized spacial score (nSPS) is 10.2. The van der Waals surface area contributed by atoms with Crippen LogP contribution in [-0.4, -0.2) is 19.1 Å². The van der Waals surface area contributed by atoms with Crippen LogP contribution in [0.5, 0.6) is 0 Å². The van der Waals surface area contributed by atoms with Gasteiger partial charge in [0, 0.05) is 14.1 Å². The lowest BCUT2D eigenvalue weighted by molar-refractivity contribution is 0.452. The van der Waals surface area contributed by atoms with Crippen LogP contribution in [0.4, 0.5) is 5.69 Å². The molecule has 2 nitrogen and oxygen atoms in total. The van der Waals surface area contributed by atoms with E-state index in [9.17, 15) is 0 Å². The minimum atomic E-state index is 1.12. The van der Waals surface area contributed by atoms with Crippen LogP contribution in [0.1, 0.15) is 0 Å². The second-order valence-corrected chi connectivity index (χ2v) is 3.11. The lowest BCUT2D eigenvalue weighted by Gasteiger charge is -2.22. The lowest BCUT2D eigenvalue weighted by atomic mass is 10.3. The monoisotopic (exact) mass is 214 g/mol. The van der Waals surface area contributed by atoms with Gasteiger partial charge in [0.15, 0.2) is 0 Å². The first kappa shape index (κ1) is 8.56. The van der Waals surface area contributed by atoms with Gasteiger partial charge in [-0.25, -0.2) is 9.04 Å². The Bertz CT molecular complexity index is 211. The highest BCUT2D eigenvalue weighted by atomic mass is 79.9. The SMILES string of the molecule is CN(C)N(Br)c1ccccc1. The number of nitrogens with zero attached hydrogens (tertiary/aromatic N) is 2. The van der Waals surface area contributed by atoms with E-state index in [2.05, 4.69) is 16.1 Å². The average Bonchev–Trinajstić information content (AvgIpc) is 2.05. The third-order valence-corrected chi connectivity index (χ3v) is 2.36. The van der Waals surface area contributed by atoms with Crippen molar-refractivity contribution in [2.75, 3.05) is 18.1 Å². The van der Waals surface area contributed by atoms with Crippen molar-refractivity contribution < 1.29 is 0 Å². The molecule has 0 amide bonds. The summed E-state index contributed by atoms with van der Waals surface area (Å²) >= 11 is 3.41. The molecule has 3 heteroatoms. The highest BCUT2D eigenvalue weighted by molar-refractivity contribution is 9.10. The molecule has 0 heterocycles. The second-order valence-electron chi connectivity index (χ2n) is 2.44.